The minimum absolute atomic E-state index is 0.166. The molecule has 0 radical (unpaired) electrons. The summed E-state index contributed by atoms with van der Waals surface area (Å²) in [6.07, 6.45) is 11.5. The summed E-state index contributed by atoms with van der Waals surface area (Å²) in [5.74, 6) is 0. The van der Waals surface area contributed by atoms with Crippen LogP contribution < -0.4 is 0 Å². The standard InChI is InChI=1S/C13H14NO2.3C4H9.Sn/c15-13(14-9-5-2-6-10-14)16-11-12-7-3-1-4-8-12;3*1-3-4-2;/h1,3-5,7-8H,6,9-11H2;3*1,3-4H2,2H3;. The Morgan fingerprint density at radius 3 is 2.03 bits per heavy atom. The molecule has 0 aliphatic carbocycles. The van der Waals surface area contributed by atoms with Crippen LogP contribution in [0.4, 0.5) is 4.79 Å². The number of unbranched alkanes of at least 4 members (excludes halogenated alkanes) is 3. The summed E-state index contributed by atoms with van der Waals surface area (Å²) in [5.41, 5.74) is 1.04. The van der Waals surface area contributed by atoms with Crippen LogP contribution in [0.15, 0.2) is 40.0 Å². The molecule has 162 valence electrons. The normalized spacial score (nSPS) is 14.6. The molecule has 1 aromatic carbocycles. The number of benzene rings is 1. The van der Waals surface area contributed by atoms with E-state index in [0.29, 0.717) is 6.61 Å². The molecule has 0 fully saturated rings. The molecule has 1 heterocycles. The van der Waals surface area contributed by atoms with Gasteiger partial charge in [-0.05, 0) is 0 Å². The Bertz CT molecular complexity index is 607. The number of carbonyl (C=O) groups is 1. The van der Waals surface area contributed by atoms with E-state index in [2.05, 4.69) is 26.8 Å². The van der Waals surface area contributed by atoms with Crippen molar-refractivity contribution in [1.82, 2.24) is 4.90 Å². The van der Waals surface area contributed by atoms with E-state index >= 15 is 0 Å². The van der Waals surface area contributed by atoms with Gasteiger partial charge in [0.15, 0.2) is 0 Å². The average Bonchev–Trinajstić information content (AvgIpc) is 2.78. The Morgan fingerprint density at radius 2 is 1.55 bits per heavy atom. The fourth-order valence-electron chi connectivity index (χ4n) is 4.53. The van der Waals surface area contributed by atoms with Crippen molar-refractivity contribution < 1.29 is 9.53 Å². The van der Waals surface area contributed by atoms with Crippen molar-refractivity contribution in [2.24, 2.45) is 0 Å². The van der Waals surface area contributed by atoms with Gasteiger partial charge in [0.2, 0.25) is 0 Å². The van der Waals surface area contributed by atoms with Crippen LogP contribution in [0.5, 0.6) is 0 Å². The van der Waals surface area contributed by atoms with Crippen LogP contribution in [-0.4, -0.2) is 42.5 Å². The quantitative estimate of drug-likeness (QED) is 0.278. The zero-order valence-corrected chi connectivity index (χ0v) is 21.8. The second kappa shape index (κ2) is 13.4. The molecule has 1 aliphatic heterocycles. The molecule has 3 nitrogen and oxygen atoms in total. The first-order chi connectivity index (χ1) is 14.1. The van der Waals surface area contributed by atoms with Crippen molar-refractivity contribution in [2.45, 2.75) is 85.6 Å². The third-order valence-corrected chi connectivity index (χ3v) is 22.8. The molecule has 2 rings (SSSR count). The molecule has 0 saturated carbocycles. The van der Waals surface area contributed by atoms with Gasteiger partial charge >= 0.3 is 183 Å². The van der Waals surface area contributed by atoms with Gasteiger partial charge in [0.05, 0.1) is 0 Å². The first-order valence-corrected chi connectivity index (χ1v) is 19.3. The summed E-state index contributed by atoms with van der Waals surface area (Å²) in [5, 5.41) is 0. The van der Waals surface area contributed by atoms with Gasteiger partial charge in [0, 0.05) is 0 Å². The fourth-order valence-corrected chi connectivity index (χ4v) is 21.6. The second-order valence-corrected chi connectivity index (χ2v) is 22.0. The zero-order valence-electron chi connectivity index (χ0n) is 18.9. The Kier molecular flexibility index (Phi) is 11.2. The molecule has 0 bridgehead atoms. The van der Waals surface area contributed by atoms with Crippen molar-refractivity contribution in [1.29, 1.82) is 0 Å². The van der Waals surface area contributed by atoms with E-state index in [9.17, 15) is 4.79 Å². The third-order valence-electron chi connectivity index (χ3n) is 6.38. The van der Waals surface area contributed by atoms with Gasteiger partial charge in [-0.3, -0.25) is 0 Å². The van der Waals surface area contributed by atoms with Crippen molar-refractivity contribution in [3.63, 3.8) is 0 Å². The molecule has 1 amide bonds. The molecule has 1 aromatic rings. The summed E-state index contributed by atoms with van der Waals surface area (Å²) in [4.78, 5) is 14.4. The Morgan fingerprint density at radius 1 is 0.966 bits per heavy atom. The van der Waals surface area contributed by atoms with Gasteiger partial charge < -0.3 is 0 Å². The van der Waals surface area contributed by atoms with Gasteiger partial charge in [0.1, 0.15) is 0 Å². The summed E-state index contributed by atoms with van der Waals surface area (Å²) < 4.78 is 11.9. The SMILES string of the molecule is CCC[CH2][Sn]([CH2]CCC)([CH2]CCC)[C]1=CCN(C(=O)OCc2ccccc2)CC1. The summed E-state index contributed by atoms with van der Waals surface area (Å²) in [7, 11) is 0. The van der Waals surface area contributed by atoms with E-state index in [0.717, 1.165) is 25.1 Å². The molecule has 0 N–H and O–H groups in total. The monoisotopic (exact) mass is 507 g/mol. The van der Waals surface area contributed by atoms with Crippen LogP contribution in [0.3, 0.4) is 0 Å². The number of ether oxygens (including phenoxy) is 1. The van der Waals surface area contributed by atoms with Crippen LogP contribution >= 0.6 is 0 Å². The molecule has 0 atom stereocenters. The molecule has 0 unspecified atom stereocenters. The third kappa shape index (κ3) is 7.66. The Hall–Kier alpha value is -0.971. The number of nitrogens with zero attached hydrogens (tertiary/aromatic N) is 1. The molecule has 0 saturated heterocycles. The summed E-state index contributed by atoms with van der Waals surface area (Å²) >= 11 is -2.31. The average molecular weight is 506 g/mol. The predicted molar refractivity (Wildman–Crippen MR) is 126 cm³/mol. The van der Waals surface area contributed by atoms with E-state index in [1.807, 2.05) is 38.8 Å². The van der Waals surface area contributed by atoms with Gasteiger partial charge in [-0.1, -0.05) is 0 Å². The van der Waals surface area contributed by atoms with Crippen molar-refractivity contribution in [3.05, 3.63) is 45.6 Å². The molecular formula is C25H41NO2Sn. The fraction of sp³-hybridized carbons (Fsp3) is 0.640. The maximum atomic E-state index is 12.5. The Labute approximate surface area is 182 Å². The van der Waals surface area contributed by atoms with Crippen LogP contribution in [0.25, 0.3) is 0 Å². The van der Waals surface area contributed by atoms with Crippen LogP contribution in [0.1, 0.15) is 71.3 Å². The van der Waals surface area contributed by atoms with Crippen molar-refractivity contribution >= 4 is 24.5 Å². The van der Waals surface area contributed by atoms with E-state index < -0.39 is 18.4 Å². The Balaban J connectivity index is 2.01. The van der Waals surface area contributed by atoms with Gasteiger partial charge in [-0.25, -0.2) is 0 Å². The van der Waals surface area contributed by atoms with Crippen molar-refractivity contribution in [3.8, 4) is 0 Å². The van der Waals surface area contributed by atoms with Gasteiger partial charge in [0.25, 0.3) is 0 Å². The molecule has 29 heavy (non-hydrogen) atoms. The van der Waals surface area contributed by atoms with E-state index in [1.54, 1.807) is 0 Å². The molecule has 0 spiro atoms. The minimum atomic E-state index is -2.31. The van der Waals surface area contributed by atoms with Gasteiger partial charge in [-0.2, -0.15) is 0 Å². The van der Waals surface area contributed by atoms with Crippen LogP contribution in [0.2, 0.25) is 13.3 Å². The van der Waals surface area contributed by atoms with E-state index in [4.69, 9.17) is 4.74 Å². The predicted octanol–water partition coefficient (Wildman–Crippen LogP) is 7.34. The maximum absolute atomic E-state index is 12.5. The number of carbonyl (C=O) groups excluding carboxylic acids is 1. The number of hydrogen-bond donors (Lipinski definition) is 0. The van der Waals surface area contributed by atoms with E-state index in [-0.39, 0.29) is 6.09 Å². The number of amides is 1. The van der Waals surface area contributed by atoms with E-state index in [1.165, 1.54) is 51.8 Å². The molecule has 1 aliphatic rings. The first kappa shape index (κ1) is 24.3. The summed E-state index contributed by atoms with van der Waals surface area (Å²) in [6.45, 7) is 8.93. The first-order valence-electron chi connectivity index (χ1n) is 11.8. The second-order valence-electron chi connectivity index (χ2n) is 8.56. The zero-order chi connectivity index (χ0) is 21.0. The number of hydrogen-bond acceptors (Lipinski definition) is 2. The van der Waals surface area contributed by atoms with Gasteiger partial charge in [-0.15, -0.1) is 0 Å². The summed E-state index contributed by atoms with van der Waals surface area (Å²) in [6, 6.07) is 9.94. The molecular weight excluding hydrogens is 465 g/mol. The van der Waals surface area contributed by atoms with Crippen LogP contribution in [-0.2, 0) is 11.3 Å². The molecule has 4 heteroatoms. The van der Waals surface area contributed by atoms with Crippen molar-refractivity contribution in [2.75, 3.05) is 13.1 Å². The van der Waals surface area contributed by atoms with Crippen LogP contribution in [0, 0.1) is 0 Å². The topological polar surface area (TPSA) is 29.5 Å². The number of rotatable bonds is 12. The molecule has 0 aromatic heterocycles.